The van der Waals surface area contributed by atoms with Gasteiger partial charge in [0, 0.05) is 36.9 Å². The quantitative estimate of drug-likeness (QED) is 0.488. The molecule has 1 amide bonds. The first-order valence-corrected chi connectivity index (χ1v) is 10.7. The molecule has 0 aliphatic heterocycles. The average Bonchev–Trinajstić information content (AvgIpc) is 3.00. The Morgan fingerprint density at radius 1 is 1.18 bits per heavy atom. The SMILES string of the molecule is Cn1nc(-c2ccc(OCC(F)(F)F)cc2)c(C2CCC2)c1NC(=O)C[C@@H]1CC(F)(F)C1(F)F. The maximum absolute atomic E-state index is 13.6. The molecule has 12 heteroatoms. The Bertz CT molecular complexity index is 1060. The Morgan fingerprint density at radius 2 is 1.82 bits per heavy atom. The number of halogens is 7. The largest absolute Gasteiger partial charge is 0.484 e. The van der Waals surface area contributed by atoms with Crippen molar-refractivity contribution in [2.24, 2.45) is 13.0 Å². The van der Waals surface area contributed by atoms with Crippen LogP contribution in [0.5, 0.6) is 5.75 Å². The van der Waals surface area contributed by atoms with Crippen molar-refractivity contribution < 1.29 is 40.3 Å². The number of carbonyl (C=O) groups excluding carboxylic acids is 1. The molecule has 1 aromatic heterocycles. The predicted molar refractivity (Wildman–Crippen MR) is 108 cm³/mol. The van der Waals surface area contributed by atoms with E-state index in [0.29, 0.717) is 16.8 Å². The first kappa shape index (κ1) is 24.3. The van der Waals surface area contributed by atoms with Crippen molar-refractivity contribution in [2.75, 3.05) is 11.9 Å². The third-order valence-electron chi connectivity index (χ3n) is 6.32. The third kappa shape index (κ3) is 4.58. The molecule has 0 saturated heterocycles. The number of nitrogens with one attached hydrogen (secondary N) is 1. The molecule has 4 rings (SSSR count). The van der Waals surface area contributed by atoms with Crippen molar-refractivity contribution in [2.45, 2.75) is 56.0 Å². The van der Waals surface area contributed by atoms with Gasteiger partial charge in [-0.1, -0.05) is 6.42 Å². The van der Waals surface area contributed by atoms with Gasteiger partial charge in [-0.25, -0.2) is 0 Å². The summed E-state index contributed by atoms with van der Waals surface area (Å²) in [5.41, 5.74) is 1.74. The van der Waals surface area contributed by atoms with E-state index in [4.69, 9.17) is 4.74 Å². The molecule has 34 heavy (non-hydrogen) atoms. The number of aromatic nitrogens is 2. The monoisotopic (exact) mass is 493 g/mol. The lowest BCUT2D eigenvalue weighted by Gasteiger charge is -2.43. The first-order chi connectivity index (χ1) is 15.8. The summed E-state index contributed by atoms with van der Waals surface area (Å²) in [5, 5.41) is 6.99. The topological polar surface area (TPSA) is 56.1 Å². The molecular formula is C22H22F7N3O2. The van der Waals surface area contributed by atoms with E-state index in [9.17, 15) is 35.5 Å². The third-order valence-corrected chi connectivity index (χ3v) is 6.32. The summed E-state index contributed by atoms with van der Waals surface area (Å²) in [6.45, 7) is -1.43. The Kier molecular flexibility index (Phi) is 6.05. The molecule has 186 valence electrons. The summed E-state index contributed by atoms with van der Waals surface area (Å²) >= 11 is 0. The zero-order chi connectivity index (χ0) is 24.9. The zero-order valence-corrected chi connectivity index (χ0v) is 18.1. The van der Waals surface area contributed by atoms with E-state index in [-0.39, 0.29) is 17.5 Å². The molecule has 2 saturated carbocycles. The van der Waals surface area contributed by atoms with Crippen molar-refractivity contribution in [1.82, 2.24) is 9.78 Å². The summed E-state index contributed by atoms with van der Waals surface area (Å²) < 4.78 is 96.5. The van der Waals surface area contributed by atoms with E-state index < -0.39 is 49.3 Å². The number of aryl methyl sites for hydroxylation is 1. The average molecular weight is 493 g/mol. The van der Waals surface area contributed by atoms with Crippen molar-refractivity contribution in [3.63, 3.8) is 0 Å². The van der Waals surface area contributed by atoms with E-state index in [1.54, 1.807) is 19.2 Å². The van der Waals surface area contributed by atoms with Crippen LogP contribution in [-0.4, -0.2) is 40.3 Å². The molecule has 2 aliphatic carbocycles. The van der Waals surface area contributed by atoms with Crippen molar-refractivity contribution >= 4 is 11.7 Å². The van der Waals surface area contributed by atoms with Crippen LogP contribution in [0, 0.1) is 5.92 Å². The van der Waals surface area contributed by atoms with Gasteiger partial charge < -0.3 is 10.1 Å². The number of carbonyl (C=O) groups is 1. The van der Waals surface area contributed by atoms with Crippen LogP contribution in [0.2, 0.25) is 0 Å². The summed E-state index contributed by atoms with van der Waals surface area (Å²) in [6, 6.07) is 5.83. The van der Waals surface area contributed by atoms with Crippen LogP contribution >= 0.6 is 0 Å². The van der Waals surface area contributed by atoms with Crippen LogP contribution in [0.1, 0.15) is 43.6 Å². The van der Waals surface area contributed by atoms with Gasteiger partial charge in [0.05, 0.1) is 5.69 Å². The second-order valence-electron chi connectivity index (χ2n) is 8.77. The normalized spacial score (nSPS) is 21.5. The summed E-state index contributed by atoms with van der Waals surface area (Å²) in [4.78, 5) is 12.5. The van der Waals surface area contributed by atoms with Crippen molar-refractivity contribution in [1.29, 1.82) is 0 Å². The second kappa shape index (κ2) is 8.46. The molecule has 1 aromatic carbocycles. The highest BCUT2D eigenvalue weighted by atomic mass is 19.4. The number of anilines is 1. The highest BCUT2D eigenvalue weighted by Gasteiger charge is 2.71. The van der Waals surface area contributed by atoms with Gasteiger partial charge in [-0.05, 0) is 43.0 Å². The minimum absolute atomic E-state index is 0.0222. The predicted octanol–water partition coefficient (Wildman–Crippen LogP) is 5.91. The van der Waals surface area contributed by atoms with Gasteiger partial charge in [0.15, 0.2) is 6.61 Å². The fraction of sp³-hybridized carbons (Fsp3) is 0.545. The van der Waals surface area contributed by atoms with Crippen molar-refractivity contribution in [3.05, 3.63) is 29.8 Å². The molecule has 0 spiro atoms. The number of hydrogen-bond donors (Lipinski definition) is 1. The summed E-state index contributed by atoms with van der Waals surface area (Å²) in [5.74, 6) is -10.5. The van der Waals surface area contributed by atoms with E-state index in [0.717, 1.165) is 19.3 Å². The molecule has 2 aromatic rings. The molecule has 5 nitrogen and oxygen atoms in total. The van der Waals surface area contributed by atoms with Crippen LogP contribution < -0.4 is 10.1 Å². The molecule has 0 radical (unpaired) electrons. The standard InChI is InChI=1S/C22H22F7N3O2/c1-32-19(30-16(33)9-14-10-20(23,24)22(14,28)29)17(12-3-2-4-12)18(31-32)13-5-7-15(8-6-13)34-11-21(25,26)27/h5-8,12,14H,2-4,9-11H2,1H3,(H,30,33)/t14-/m1/s1. The molecule has 2 aliphatic rings. The van der Waals surface area contributed by atoms with Gasteiger partial charge >= 0.3 is 18.0 Å². The molecule has 1 heterocycles. The Labute approximate surface area is 190 Å². The lowest BCUT2D eigenvalue weighted by atomic mass is 9.74. The zero-order valence-electron chi connectivity index (χ0n) is 18.1. The number of hydrogen-bond acceptors (Lipinski definition) is 3. The summed E-state index contributed by atoms with van der Waals surface area (Å²) in [6.07, 6.45) is -3.72. The van der Waals surface area contributed by atoms with Crippen LogP contribution in [-0.2, 0) is 11.8 Å². The Hall–Kier alpha value is -2.79. The number of ether oxygens (including phenoxy) is 1. The van der Waals surface area contributed by atoms with Gasteiger partial charge in [-0.3, -0.25) is 9.48 Å². The lowest BCUT2D eigenvalue weighted by molar-refractivity contribution is -0.313. The fourth-order valence-electron chi connectivity index (χ4n) is 4.21. The Morgan fingerprint density at radius 3 is 2.32 bits per heavy atom. The van der Waals surface area contributed by atoms with Crippen molar-refractivity contribution in [3.8, 4) is 17.0 Å². The van der Waals surface area contributed by atoms with E-state index in [2.05, 4.69) is 10.4 Å². The number of amides is 1. The van der Waals surface area contributed by atoms with Crippen LogP contribution in [0.25, 0.3) is 11.3 Å². The first-order valence-electron chi connectivity index (χ1n) is 10.7. The molecule has 2 fully saturated rings. The fourth-order valence-corrected chi connectivity index (χ4v) is 4.21. The van der Waals surface area contributed by atoms with E-state index in [1.807, 2.05) is 0 Å². The van der Waals surface area contributed by atoms with E-state index >= 15 is 0 Å². The van der Waals surface area contributed by atoms with Gasteiger partial charge in [0.1, 0.15) is 11.6 Å². The van der Waals surface area contributed by atoms with Gasteiger partial charge in [0.25, 0.3) is 0 Å². The number of nitrogens with zero attached hydrogens (tertiary/aromatic N) is 2. The van der Waals surface area contributed by atoms with Crippen LogP contribution in [0.3, 0.4) is 0 Å². The van der Waals surface area contributed by atoms with Gasteiger partial charge in [-0.2, -0.15) is 35.8 Å². The number of alkyl halides is 7. The molecule has 1 atom stereocenters. The minimum atomic E-state index is -4.47. The number of rotatable bonds is 7. The molecule has 1 N–H and O–H groups in total. The molecule has 0 unspecified atom stereocenters. The molecule has 0 bridgehead atoms. The van der Waals surface area contributed by atoms with Gasteiger partial charge in [0.2, 0.25) is 5.91 Å². The smallest absolute Gasteiger partial charge is 0.422 e. The van der Waals surface area contributed by atoms with Crippen LogP contribution in [0.4, 0.5) is 36.6 Å². The maximum Gasteiger partial charge on any atom is 0.422 e. The molecular weight excluding hydrogens is 471 g/mol. The van der Waals surface area contributed by atoms with Gasteiger partial charge in [-0.15, -0.1) is 0 Å². The summed E-state index contributed by atoms with van der Waals surface area (Å²) in [7, 11) is 1.55. The Balaban J connectivity index is 1.53. The maximum atomic E-state index is 13.6. The highest BCUT2D eigenvalue weighted by molar-refractivity contribution is 5.92. The van der Waals surface area contributed by atoms with Crippen LogP contribution in [0.15, 0.2) is 24.3 Å². The highest BCUT2D eigenvalue weighted by Crippen LogP contribution is 2.56. The second-order valence-corrected chi connectivity index (χ2v) is 8.77. The minimum Gasteiger partial charge on any atom is -0.484 e. The lowest BCUT2D eigenvalue weighted by Crippen LogP contribution is -2.59. The van der Waals surface area contributed by atoms with E-state index in [1.165, 1.54) is 16.8 Å². The number of benzene rings is 1.